The van der Waals surface area contributed by atoms with Crippen LogP contribution in [0.5, 0.6) is 11.5 Å². The molecule has 1 unspecified atom stereocenters. The first-order valence-electron chi connectivity index (χ1n) is 11.6. The summed E-state index contributed by atoms with van der Waals surface area (Å²) in [4.78, 5) is 16.5. The summed E-state index contributed by atoms with van der Waals surface area (Å²) < 4.78 is 11.3. The second-order valence-corrected chi connectivity index (χ2v) is 8.65. The van der Waals surface area contributed by atoms with Crippen molar-refractivity contribution in [2.75, 3.05) is 13.7 Å². The largest absolute Gasteiger partial charge is 0.497 e. The number of aliphatic carboxylic acids is 1. The van der Waals surface area contributed by atoms with E-state index < -0.39 is 5.97 Å². The molecule has 3 aromatic rings. The van der Waals surface area contributed by atoms with Gasteiger partial charge in [0.15, 0.2) is 0 Å². The number of ether oxygens (including phenoxy) is 2. The molecule has 1 aromatic heterocycles. The Bertz CT molecular complexity index is 1120. The molecule has 4 rings (SSSR count). The number of aromatic nitrogens is 1. The molecule has 0 saturated carbocycles. The van der Waals surface area contributed by atoms with Crippen molar-refractivity contribution < 1.29 is 19.4 Å². The van der Waals surface area contributed by atoms with Crippen LogP contribution in [-0.4, -0.2) is 29.8 Å². The molecule has 5 heteroatoms. The maximum atomic E-state index is 11.6. The second kappa shape index (κ2) is 10.1. The minimum absolute atomic E-state index is 0.101. The Hall–Kier alpha value is -3.34. The number of methoxy groups -OCH3 is 1. The molecule has 33 heavy (non-hydrogen) atoms. The Morgan fingerprint density at radius 3 is 2.58 bits per heavy atom. The molecule has 0 aliphatic heterocycles. The smallest absolute Gasteiger partial charge is 0.307 e. The van der Waals surface area contributed by atoms with E-state index in [9.17, 15) is 9.90 Å². The first kappa shape index (κ1) is 22.8. The maximum Gasteiger partial charge on any atom is 0.307 e. The first-order valence-corrected chi connectivity index (χ1v) is 11.6. The zero-order valence-electron chi connectivity index (χ0n) is 19.5. The van der Waals surface area contributed by atoms with Crippen LogP contribution in [0.3, 0.4) is 0 Å². The van der Waals surface area contributed by atoms with E-state index >= 15 is 0 Å². The van der Waals surface area contributed by atoms with E-state index in [0.717, 1.165) is 46.9 Å². The normalized spacial score (nSPS) is 15.7. The Balaban J connectivity index is 1.41. The lowest BCUT2D eigenvalue weighted by atomic mass is 9.85. The third kappa shape index (κ3) is 5.03. The maximum absolute atomic E-state index is 11.6. The van der Waals surface area contributed by atoms with Gasteiger partial charge in [-0.3, -0.25) is 9.78 Å². The Morgan fingerprint density at radius 1 is 1.12 bits per heavy atom. The van der Waals surface area contributed by atoms with Gasteiger partial charge in [-0.15, -0.1) is 0 Å². The summed E-state index contributed by atoms with van der Waals surface area (Å²) in [6, 6.07) is 18.2. The van der Waals surface area contributed by atoms with Crippen molar-refractivity contribution in [3.63, 3.8) is 0 Å². The molecular formula is C28H31NO4. The van der Waals surface area contributed by atoms with Crippen LogP contribution in [0.1, 0.15) is 48.1 Å². The van der Waals surface area contributed by atoms with Gasteiger partial charge in [0.05, 0.1) is 25.3 Å². The zero-order valence-corrected chi connectivity index (χ0v) is 19.5. The predicted molar refractivity (Wildman–Crippen MR) is 129 cm³/mol. The van der Waals surface area contributed by atoms with Gasteiger partial charge in [0, 0.05) is 17.7 Å². The van der Waals surface area contributed by atoms with Gasteiger partial charge >= 0.3 is 5.97 Å². The molecule has 1 N–H and O–H groups in total. The van der Waals surface area contributed by atoms with Crippen LogP contribution in [0.4, 0.5) is 0 Å². The molecule has 0 radical (unpaired) electrons. The topological polar surface area (TPSA) is 68.7 Å². The van der Waals surface area contributed by atoms with E-state index in [1.165, 1.54) is 11.1 Å². The SMILES string of the molecule is CCC(C(=O)O)[C@@H]1CCc2cc(OCCc3nc(-c4ccc(OC)cc4)ccc3C)ccc21. The number of pyridine rings is 1. The van der Waals surface area contributed by atoms with Gasteiger partial charge in [0.1, 0.15) is 11.5 Å². The monoisotopic (exact) mass is 445 g/mol. The number of fused-ring (bicyclic) bond motifs is 1. The van der Waals surface area contributed by atoms with Crippen molar-refractivity contribution in [3.8, 4) is 22.8 Å². The summed E-state index contributed by atoms with van der Waals surface area (Å²) in [6.45, 7) is 4.56. The molecular weight excluding hydrogens is 414 g/mol. The van der Waals surface area contributed by atoms with Gasteiger partial charge < -0.3 is 14.6 Å². The molecule has 1 aliphatic carbocycles. The lowest BCUT2D eigenvalue weighted by Crippen LogP contribution is -2.19. The molecule has 1 aliphatic rings. The molecule has 0 saturated heterocycles. The fraction of sp³-hybridized carbons (Fsp3) is 0.357. The lowest BCUT2D eigenvalue weighted by molar-refractivity contribution is -0.142. The van der Waals surface area contributed by atoms with Crippen LogP contribution in [0.25, 0.3) is 11.3 Å². The summed E-state index contributed by atoms with van der Waals surface area (Å²) in [5.41, 5.74) is 6.54. The van der Waals surface area contributed by atoms with E-state index in [-0.39, 0.29) is 11.8 Å². The number of hydrogen-bond acceptors (Lipinski definition) is 4. The van der Waals surface area contributed by atoms with Crippen molar-refractivity contribution >= 4 is 5.97 Å². The number of benzene rings is 2. The fourth-order valence-corrected chi connectivity index (χ4v) is 4.78. The molecule has 2 atom stereocenters. The number of carbonyl (C=O) groups is 1. The van der Waals surface area contributed by atoms with E-state index in [0.29, 0.717) is 19.4 Å². The average molecular weight is 446 g/mol. The number of hydrogen-bond donors (Lipinski definition) is 1. The van der Waals surface area contributed by atoms with Crippen molar-refractivity contribution in [2.45, 2.75) is 45.4 Å². The molecule has 0 bridgehead atoms. The van der Waals surface area contributed by atoms with Crippen LogP contribution < -0.4 is 9.47 Å². The van der Waals surface area contributed by atoms with Crippen LogP contribution in [0, 0.1) is 12.8 Å². The molecule has 5 nitrogen and oxygen atoms in total. The lowest BCUT2D eigenvalue weighted by Gasteiger charge is -2.19. The number of carboxylic acids is 1. The van der Waals surface area contributed by atoms with Gasteiger partial charge in [-0.2, -0.15) is 0 Å². The highest BCUT2D eigenvalue weighted by Gasteiger charge is 2.33. The number of carboxylic acid groups (broad SMARTS) is 1. The summed E-state index contributed by atoms with van der Waals surface area (Å²) in [7, 11) is 1.66. The third-order valence-corrected chi connectivity index (χ3v) is 6.68. The summed E-state index contributed by atoms with van der Waals surface area (Å²) in [6.07, 6.45) is 3.17. The highest BCUT2D eigenvalue weighted by molar-refractivity contribution is 5.72. The quantitative estimate of drug-likeness (QED) is 0.449. The van der Waals surface area contributed by atoms with Crippen LogP contribution in [0.2, 0.25) is 0 Å². The van der Waals surface area contributed by atoms with Gasteiger partial charge in [0.25, 0.3) is 0 Å². The number of aryl methyl sites for hydroxylation is 2. The Labute approximate surface area is 195 Å². The van der Waals surface area contributed by atoms with Gasteiger partial charge in [0.2, 0.25) is 0 Å². The molecule has 0 fully saturated rings. The predicted octanol–water partition coefficient (Wildman–Crippen LogP) is 5.83. The minimum Gasteiger partial charge on any atom is -0.497 e. The van der Waals surface area contributed by atoms with E-state index in [4.69, 9.17) is 14.5 Å². The van der Waals surface area contributed by atoms with Crippen molar-refractivity contribution in [1.29, 1.82) is 0 Å². The van der Waals surface area contributed by atoms with Crippen LogP contribution >= 0.6 is 0 Å². The van der Waals surface area contributed by atoms with Crippen molar-refractivity contribution in [1.82, 2.24) is 4.98 Å². The van der Waals surface area contributed by atoms with Gasteiger partial charge in [-0.25, -0.2) is 0 Å². The van der Waals surface area contributed by atoms with Gasteiger partial charge in [-0.05, 0) is 91.3 Å². The number of nitrogens with zero attached hydrogens (tertiary/aromatic N) is 1. The van der Waals surface area contributed by atoms with E-state index in [1.807, 2.05) is 43.3 Å². The second-order valence-electron chi connectivity index (χ2n) is 8.65. The highest BCUT2D eigenvalue weighted by Crippen LogP contribution is 2.41. The van der Waals surface area contributed by atoms with Crippen LogP contribution in [-0.2, 0) is 17.6 Å². The summed E-state index contributed by atoms with van der Waals surface area (Å²) in [5.74, 6) is 0.750. The third-order valence-electron chi connectivity index (χ3n) is 6.68. The molecule has 1 heterocycles. The van der Waals surface area contributed by atoms with Crippen LogP contribution in [0.15, 0.2) is 54.6 Å². The molecule has 172 valence electrons. The number of rotatable bonds is 9. The Kier molecular flexibility index (Phi) is 6.97. The van der Waals surface area contributed by atoms with Crippen molar-refractivity contribution in [3.05, 3.63) is 77.0 Å². The van der Waals surface area contributed by atoms with Gasteiger partial charge in [-0.1, -0.05) is 19.1 Å². The highest BCUT2D eigenvalue weighted by atomic mass is 16.5. The summed E-state index contributed by atoms with van der Waals surface area (Å²) in [5, 5.41) is 9.54. The van der Waals surface area contributed by atoms with E-state index in [1.54, 1.807) is 7.11 Å². The molecule has 0 spiro atoms. The van der Waals surface area contributed by atoms with Crippen molar-refractivity contribution in [2.24, 2.45) is 5.92 Å². The van der Waals surface area contributed by atoms with E-state index in [2.05, 4.69) is 25.1 Å². The summed E-state index contributed by atoms with van der Waals surface area (Å²) >= 11 is 0. The standard InChI is InChI=1S/C28H31NO4/c1-4-23(28(30)31)25-12-8-20-17-22(11-13-24(20)25)33-16-15-26-18(2)5-14-27(29-26)19-6-9-21(32-3)10-7-19/h5-7,9-11,13-14,17,23,25H,4,8,12,15-16H2,1-3H3,(H,30,31)/t23?,25-/m0/s1. The minimum atomic E-state index is -0.699. The Morgan fingerprint density at radius 2 is 1.88 bits per heavy atom. The fourth-order valence-electron chi connectivity index (χ4n) is 4.78. The molecule has 2 aromatic carbocycles. The zero-order chi connectivity index (χ0) is 23.4. The average Bonchev–Trinajstić information content (AvgIpc) is 3.23. The molecule has 0 amide bonds. The first-order chi connectivity index (χ1) is 16.0.